The molecule has 6 heteroatoms. The zero-order valence-corrected chi connectivity index (χ0v) is 20.0. The third-order valence-electron chi connectivity index (χ3n) is 5.33. The van der Waals surface area contributed by atoms with Gasteiger partial charge in [-0.05, 0) is 37.8 Å². The van der Waals surface area contributed by atoms with Crippen LogP contribution in [0.1, 0.15) is 37.0 Å². The first-order chi connectivity index (χ1) is 17.0. The third kappa shape index (κ3) is 7.40. The molecular formula is C29H30N2O4. The lowest BCUT2D eigenvalue weighted by molar-refractivity contribution is -0.152. The van der Waals surface area contributed by atoms with E-state index in [1.165, 1.54) is 0 Å². The number of ether oxygens (including phenoxy) is 1. The first-order valence-electron chi connectivity index (χ1n) is 11.5. The van der Waals surface area contributed by atoms with Crippen molar-refractivity contribution in [1.29, 1.82) is 0 Å². The minimum Gasteiger partial charge on any atom is -0.447 e. The largest absolute Gasteiger partial charge is 0.447 e. The molecule has 2 atom stereocenters. The molecule has 2 aromatic rings. The second kappa shape index (κ2) is 12.9. The maximum atomic E-state index is 13.6. The molecule has 1 aliphatic rings. The Bertz CT molecular complexity index is 1180. The van der Waals surface area contributed by atoms with E-state index in [4.69, 9.17) is 9.26 Å². The van der Waals surface area contributed by atoms with E-state index in [0.717, 1.165) is 17.6 Å². The second-order valence-corrected chi connectivity index (χ2v) is 8.09. The maximum Gasteiger partial charge on any atom is 0.318 e. The van der Waals surface area contributed by atoms with Gasteiger partial charge in [0.2, 0.25) is 6.10 Å². The summed E-state index contributed by atoms with van der Waals surface area (Å²) in [6.07, 6.45) is 16.8. The van der Waals surface area contributed by atoms with Crippen LogP contribution >= 0.6 is 0 Å². The summed E-state index contributed by atoms with van der Waals surface area (Å²) in [5, 5.41) is 6.52. The van der Waals surface area contributed by atoms with Gasteiger partial charge in [-0.25, -0.2) is 0 Å². The summed E-state index contributed by atoms with van der Waals surface area (Å²) in [5.74, 6) is -0.871. The number of nitrogens with one attached hydrogen (secondary N) is 1. The summed E-state index contributed by atoms with van der Waals surface area (Å²) >= 11 is 0. The molecule has 0 radical (unpaired) electrons. The van der Waals surface area contributed by atoms with E-state index in [9.17, 15) is 9.59 Å². The summed E-state index contributed by atoms with van der Waals surface area (Å²) in [5.41, 5.74) is 2.23. The van der Waals surface area contributed by atoms with E-state index in [-0.39, 0.29) is 5.82 Å². The fraction of sp³-hybridized carbons (Fsp3) is 0.207. The van der Waals surface area contributed by atoms with Crippen LogP contribution in [0.3, 0.4) is 0 Å². The van der Waals surface area contributed by atoms with Gasteiger partial charge in [-0.15, -0.1) is 6.58 Å². The molecule has 0 saturated heterocycles. The van der Waals surface area contributed by atoms with Crippen LogP contribution in [0.4, 0.5) is 5.82 Å². The quantitative estimate of drug-likeness (QED) is 0.256. The molecule has 0 saturated carbocycles. The monoisotopic (exact) mass is 470 g/mol. The minimum atomic E-state index is -1.14. The molecule has 1 heterocycles. The number of esters is 1. The number of hydrogen-bond donors (Lipinski definition) is 1. The van der Waals surface area contributed by atoms with Crippen LogP contribution in [0.15, 0.2) is 113 Å². The predicted octanol–water partition coefficient (Wildman–Crippen LogP) is 6.14. The Hall–Kier alpha value is -4.19. The lowest BCUT2D eigenvalue weighted by Gasteiger charge is -2.23. The van der Waals surface area contributed by atoms with Crippen LogP contribution in [-0.4, -0.2) is 23.1 Å². The van der Waals surface area contributed by atoms with Crippen molar-refractivity contribution in [2.45, 2.75) is 38.7 Å². The highest BCUT2D eigenvalue weighted by molar-refractivity contribution is 5.97. The van der Waals surface area contributed by atoms with E-state index >= 15 is 0 Å². The van der Waals surface area contributed by atoms with Gasteiger partial charge in [-0.1, -0.05) is 95.7 Å². The Morgan fingerprint density at radius 1 is 1.23 bits per heavy atom. The SMILES string of the molecule is C=CC/C=C\C=C(/C)C(C(=O)OC(C(=O)Nc1cc(C)on1)C1=CC=CC=CC1)c1ccccc1. The number of carbonyl (C=O) groups excluding carboxylic acids is 2. The van der Waals surface area contributed by atoms with Gasteiger partial charge >= 0.3 is 5.97 Å². The molecule has 1 aliphatic carbocycles. The number of aromatic nitrogens is 1. The van der Waals surface area contributed by atoms with Crippen LogP contribution < -0.4 is 5.32 Å². The van der Waals surface area contributed by atoms with Crippen LogP contribution in [-0.2, 0) is 14.3 Å². The van der Waals surface area contributed by atoms with Crippen LogP contribution in [0.25, 0.3) is 0 Å². The number of hydrogen-bond acceptors (Lipinski definition) is 5. The molecule has 0 spiro atoms. The van der Waals surface area contributed by atoms with Crippen molar-refractivity contribution >= 4 is 17.7 Å². The highest BCUT2D eigenvalue weighted by Crippen LogP contribution is 2.28. The fourth-order valence-corrected chi connectivity index (χ4v) is 3.61. The van der Waals surface area contributed by atoms with E-state index in [1.54, 1.807) is 25.1 Å². The highest BCUT2D eigenvalue weighted by atomic mass is 16.5. The van der Waals surface area contributed by atoms with Gasteiger partial charge in [0.15, 0.2) is 5.82 Å². The minimum absolute atomic E-state index is 0.261. The molecule has 1 aromatic heterocycles. The topological polar surface area (TPSA) is 81.4 Å². The van der Waals surface area contributed by atoms with E-state index in [1.807, 2.05) is 79.8 Å². The number of allylic oxidation sites excluding steroid dienone is 9. The molecule has 35 heavy (non-hydrogen) atoms. The smallest absolute Gasteiger partial charge is 0.318 e. The van der Waals surface area contributed by atoms with Crippen molar-refractivity contribution in [2.24, 2.45) is 0 Å². The fourth-order valence-electron chi connectivity index (χ4n) is 3.61. The molecule has 0 bridgehead atoms. The van der Waals surface area contributed by atoms with Crippen molar-refractivity contribution in [3.63, 3.8) is 0 Å². The number of anilines is 1. The van der Waals surface area contributed by atoms with Crippen molar-refractivity contribution in [3.05, 3.63) is 120 Å². The summed E-state index contributed by atoms with van der Waals surface area (Å²) in [7, 11) is 0. The zero-order chi connectivity index (χ0) is 25.0. The van der Waals surface area contributed by atoms with Crippen molar-refractivity contribution in [1.82, 2.24) is 5.16 Å². The molecule has 3 rings (SSSR count). The second-order valence-electron chi connectivity index (χ2n) is 8.09. The van der Waals surface area contributed by atoms with Crippen molar-refractivity contribution < 1.29 is 18.8 Å². The van der Waals surface area contributed by atoms with Crippen molar-refractivity contribution in [3.8, 4) is 0 Å². The number of amides is 1. The Labute approximate surface area is 206 Å². The number of rotatable bonds is 10. The molecule has 2 unspecified atom stereocenters. The average Bonchev–Trinajstić information content (AvgIpc) is 3.08. The average molecular weight is 471 g/mol. The zero-order valence-electron chi connectivity index (χ0n) is 20.0. The summed E-state index contributed by atoms with van der Waals surface area (Å²) in [6, 6.07) is 11.0. The van der Waals surface area contributed by atoms with Gasteiger partial charge in [0.1, 0.15) is 11.7 Å². The number of carbonyl (C=O) groups is 2. The first-order valence-corrected chi connectivity index (χ1v) is 11.5. The van der Waals surface area contributed by atoms with Gasteiger partial charge in [-0.2, -0.15) is 0 Å². The highest BCUT2D eigenvalue weighted by Gasteiger charge is 2.32. The maximum absolute atomic E-state index is 13.6. The van der Waals surface area contributed by atoms with Crippen LogP contribution in [0.5, 0.6) is 0 Å². The number of aryl methyl sites for hydroxylation is 1. The molecule has 1 aromatic carbocycles. The standard InChI is InChI=1S/C29H30N2O4/c1-4-5-6-10-15-21(2)26(23-16-13-9-14-17-23)29(33)34-27(24-18-11-7-8-12-19-24)28(32)30-25-20-22(3)35-31-25/h4,6-18,20,26-27H,1,5,19H2,2-3H3,(H,30,31,32)/b10-6-,21-15+. The first kappa shape index (κ1) is 25.4. The lowest BCUT2D eigenvalue weighted by atomic mass is 9.91. The summed E-state index contributed by atoms with van der Waals surface area (Å²) in [6.45, 7) is 7.32. The molecule has 1 N–H and O–H groups in total. The van der Waals surface area contributed by atoms with E-state index in [2.05, 4.69) is 17.1 Å². The number of benzene rings is 1. The van der Waals surface area contributed by atoms with Gasteiger partial charge in [0, 0.05) is 6.07 Å². The van der Waals surface area contributed by atoms with Crippen LogP contribution in [0, 0.1) is 6.92 Å². The van der Waals surface area contributed by atoms with Gasteiger partial charge in [0.05, 0.1) is 0 Å². The molecule has 0 aliphatic heterocycles. The van der Waals surface area contributed by atoms with Gasteiger partial charge in [0.25, 0.3) is 5.91 Å². The summed E-state index contributed by atoms with van der Waals surface area (Å²) < 4.78 is 11.0. The normalized spacial score (nSPS) is 15.3. The Morgan fingerprint density at radius 3 is 2.74 bits per heavy atom. The molecule has 0 fully saturated rings. The Kier molecular flexibility index (Phi) is 9.37. The molecular weight excluding hydrogens is 440 g/mol. The van der Waals surface area contributed by atoms with Crippen LogP contribution in [0.2, 0.25) is 0 Å². The van der Waals surface area contributed by atoms with Gasteiger partial charge in [-0.3, -0.25) is 9.59 Å². The summed E-state index contributed by atoms with van der Waals surface area (Å²) in [4.78, 5) is 26.8. The third-order valence-corrected chi connectivity index (χ3v) is 5.33. The Morgan fingerprint density at radius 2 is 2.03 bits per heavy atom. The van der Waals surface area contributed by atoms with E-state index < -0.39 is 23.9 Å². The molecule has 1 amide bonds. The lowest BCUT2D eigenvalue weighted by Crippen LogP contribution is -2.36. The number of nitrogens with zero attached hydrogens (tertiary/aromatic N) is 1. The predicted molar refractivity (Wildman–Crippen MR) is 138 cm³/mol. The van der Waals surface area contributed by atoms with E-state index in [0.29, 0.717) is 17.8 Å². The molecule has 180 valence electrons. The Balaban J connectivity index is 1.91. The molecule has 6 nitrogen and oxygen atoms in total. The van der Waals surface area contributed by atoms with Gasteiger partial charge < -0.3 is 14.6 Å². The van der Waals surface area contributed by atoms with Crippen molar-refractivity contribution in [2.75, 3.05) is 5.32 Å².